The van der Waals surface area contributed by atoms with Gasteiger partial charge in [-0.3, -0.25) is 9.59 Å². The number of sulfonamides is 1. The fourth-order valence-corrected chi connectivity index (χ4v) is 8.37. The second-order valence-corrected chi connectivity index (χ2v) is 14.5. The third-order valence-corrected chi connectivity index (χ3v) is 11.1. The van der Waals surface area contributed by atoms with Crippen molar-refractivity contribution in [3.8, 4) is 5.75 Å². The highest BCUT2D eigenvalue weighted by Crippen LogP contribution is 2.36. The number of nitrogens with two attached hydrogens (primary N) is 1. The summed E-state index contributed by atoms with van der Waals surface area (Å²) in [5.74, 6) is 5.12. The maximum absolute atomic E-state index is 13.9. The standard InChI is InChI=1S/C35H38Cl2N6O5S.2ClH/c1-22-18-23(2)42-34-26(22)6-3-8-30(34)48-21-27-28(36)13-14-31(33(27)37)49(46,47)43-17-4-7-29(43)35(45)40-16-5-15-39-32(44)19-24-9-11-25(12-10-24)20-41-38;;/h3,6,8-14,18,20,29H,4-5,7,15-17,19,21,38H2,1-2H3,(H,39,44)(H,40,45);2*1H/t29-;;/m0../s1. The average Bonchev–Trinajstić information content (AvgIpc) is 3.57. The van der Waals surface area contributed by atoms with E-state index in [1.54, 1.807) is 6.07 Å². The lowest BCUT2D eigenvalue weighted by molar-refractivity contribution is -0.124. The van der Waals surface area contributed by atoms with Gasteiger partial charge < -0.3 is 21.2 Å². The van der Waals surface area contributed by atoms with Crippen molar-refractivity contribution in [3.63, 3.8) is 0 Å². The molecule has 1 fully saturated rings. The molecule has 1 saturated heterocycles. The number of ether oxygens (including phenoxy) is 1. The predicted octanol–water partition coefficient (Wildman–Crippen LogP) is 5.89. The summed E-state index contributed by atoms with van der Waals surface area (Å²) in [7, 11) is -4.17. The minimum atomic E-state index is -4.17. The van der Waals surface area contributed by atoms with Gasteiger partial charge >= 0.3 is 0 Å². The molecule has 1 aromatic heterocycles. The maximum Gasteiger partial charge on any atom is 0.245 e. The van der Waals surface area contributed by atoms with Gasteiger partial charge in [0.2, 0.25) is 21.8 Å². The van der Waals surface area contributed by atoms with Crippen LogP contribution in [0.1, 0.15) is 47.2 Å². The summed E-state index contributed by atoms with van der Waals surface area (Å²) in [4.78, 5) is 30.0. The van der Waals surface area contributed by atoms with Gasteiger partial charge in [0.05, 0.1) is 17.7 Å². The number of amides is 2. The van der Waals surface area contributed by atoms with Crippen molar-refractivity contribution in [2.24, 2.45) is 10.9 Å². The van der Waals surface area contributed by atoms with Gasteiger partial charge in [-0.1, -0.05) is 59.6 Å². The minimum absolute atomic E-state index is 0. The van der Waals surface area contributed by atoms with Crippen molar-refractivity contribution >= 4 is 87.0 Å². The summed E-state index contributed by atoms with van der Waals surface area (Å²) < 4.78 is 35.1. The highest BCUT2D eigenvalue weighted by molar-refractivity contribution is 7.89. The first-order valence-corrected chi connectivity index (χ1v) is 18.0. The van der Waals surface area contributed by atoms with E-state index in [4.69, 9.17) is 33.8 Å². The van der Waals surface area contributed by atoms with Gasteiger partial charge in [-0.25, -0.2) is 13.4 Å². The van der Waals surface area contributed by atoms with E-state index in [2.05, 4.69) is 20.7 Å². The Balaban J connectivity index is 0.00000351. The number of halogens is 4. The number of fused-ring (bicyclic) bond motifs is 1. The van der Waals surface area contributed by atoms with E-state index in [-0.39, 0.29) is 71.8 Å². The number of hydrogen-bond donors (Lipinski definition) is 3. The van der Waals surface area contributed by atoms with E-state index in [0.29, 0.717) is 42.6 Å². The third kappa shape index (κ3) is 10.0. The molecule has 274 valence electrons. The Morgan fingerprint density at radius 3 is 2.51 bits per heavy atom. The first-order chi connectivity index (χ1) is 23.5. The van der Waals surface area contributed by atoms with Crippen molar-refractivity contribution < 1.29 is 22.7 Å². The second-order valence-electron chi connectivity index (χ2n) is 11.8. The number of para-hydroxylation sites is 1. The molecule has 0 bridgehead atoms. The highest BCUT2D eigenvalue weighted by atomic mass is 35.5. The number of hydrazone groups is 1. The molecule has 1 aliphatic heterocycles. The summed E-state index contributed by atoms with van der Waals surface area (Å²) in [5, 5.41) is 10.3. The number of benzene rings is 3. The maximum atomic E-state index is 13.9. The lowest BCUT2D eigenvalue weighted by Gasteiger charge is -2.24. The van der Waals surface area contributed by atoms with E-state index in [1.165, 1.54) is 22.7 Å². The fraction of sp³-hybridized carbons (Fsp3) is 0.314. The lowest BCUT2D eigenvalue weighted by Crippen LogP contribution is -2.46. The summed E-state index contributed by atoms with van der Waals surface area (Å²) in [5.41, 5.74) is 4.57. The molecule has 16 heteroatoms. The van der Waals surface area contributed by atoms with Gasteiger partial charge in [0.25, 0.3) is 0 Å². The van der Waals surface area contributed by atoms with Crippen LogP contribution in [0.3, 0.4) is 0 Å². The molecule has 3 aromatic carbocycles. The quantitative estimate of drug-likeness (QED) is 0.0660. The molecule has 1 atom stereocenters. The monoisotopic (exact) mass is 796 g/mol. The summed E-state index contributed by atoms with van der Waals surface area (Å²) in [6.45, 7) is 4.60. The van der Waals surface area contributed by atoms with Gasteiger partial charge in [-0.2, -0.15) is 9.41 Å². The van der Waals surface area contributed by atoms with Crippen LogP contribution >= 0.6 is 48.0 Å². The van der Waals surface area contributed by atoms with Crippen LogP contribution in [0.2, 0.25) is 10.0 Å². The van der Waals surface area contributed by atoms with Crippen molar-refractivity contribution in [3.05, 3.63) is 98.7 Å². The van der Waals surface area contributed by atoms with E-state index >= 15 is 0 Å². The minimum Gasteiger partial charge on any atom is -0.487 e. The summed E-state index contributed by atoms with van der Waals surface area (Å²) in [6.07, 6.45) is 3.08. The molecule has 1 aliphatic rings. The SMILES string of the molecule is Cc1cc(C)c2cccc(OCc3c(Cl)ccc(S(=O)(=O)N4CCC[C@H]4C(=O)NCCCNC(=O)Cc4ccc(C=NN)cc4)c3Cl)c2n1.Cl.Cl. The zero-order chi connectivity index (χ0) is 35.1. The Bertz CT molecular complexity index is 2000. The van der Waals surface area contributed by atoms with Gasteiger partial charge in [0, 0.05) is 41.3 Å². The van der Waals surface area contributed by atoms with E-state index in [1.807, 2.05) is 56.3 Å². The summed E-state index contributed by atoms with van der Waals surface area (Å²) in [6, 6.07) is 16.8. The number of nitrogens with zero attached hydrogens (tertiary/aromatic N) is 3. The number of aromatic nitrogens is 1. The Labute approximate surface area is 320 Å². The van der Waals surface area contributed by atoms with E-state index in [9.17, 15) is 18.0 Å². The van der Waals surface area contributed by atoms with E-state index in [0.717, 1.165) is 27.8 Å². The molecule has 0 radical (unpaired) electrons. The zero-order valence-corrected chi connectivity index (χ0v) is 32.0. The second kappa shape index (κ2) is 18.7. The molecule has 0 spiro atoms. The van der Waals surface area contributed by atoms with Crippen LogP contribution in [-0.4, -0.2) is 61.4 Å². The van der Waals surface area contributed by atoms with Gasteiger partial charge in [0.15, 0.2) is 0 Å². The molecule has 4 N–H and O–H groups in total. The predicted molar refractivity (Wildman–Crippen MR) is 206 cm³/mol. The number of nitrogens with one attached hydrogen (secondary N) is 2. The molecule has 4 aromatic rings. The smallest absolute Gasteiger partial charge is 0.245 e. The number of hydrogen-bond acceptors (Lipinski definition) is 8. The molecular weight excluding hydrogens is 758 g/mol. The molecule has 2 heterocycles. The highest BCUT2D eigenvalue weighted by Gasteiger charge is 2.40. The van der Waals surface area contributed by atoms with Crippen LogP contribution in [0.25, 0.3) is 10.9 Å². The zero-order valence-electron chi connectivity index (χ0n) is 28.0. The van der Waals surface area contributed by atoms with Crippen LogP contribution in [0, 0.1) is 13.8 Å². The largest absolute Gasteiger partial charge is 0.487 e. The third-order valence-electron chi connectivity index (χ3n) is 8.30. The number of carbonyl (C=O) groups excluding carboxylic acids is 2. The number of rotatable bonds is 13. The van der Waals surface area contributed by atoms with Crippen molar-refractivity contribution in [1.29, 1.82) is 0 Å². The molecule has 11 nitrogen and oxygen atoms in total. The molecule has 0 saturated carbocycles. The molecule has 2 amide bonds. The molecule has 0 aliphatic carbocycles. The first kappa shape index (κ1) is 41.8. The Kier molecular flexibility index (Phi) is 15.3. The molecule has 5 rings (SSSR count). The molecule has 51 heavy (non-hydrogen) atoms. The van der Waals surface area contributed by atoms with Gasteiger partial charge in [-0.15, -0.1) is 24.8 Å². The normalized spacial score (nSPS) is 14.5. The van der Waals surface area contributed by atoms with E-state index < -0.39 is 22.0 Å². The lowest BCUT2D eigenvalue weighted by atomic mass is 10.1. The van der Waals surface area contributed by atoms with Crippen LogP contribution in [0.5, 0.6) is 5.75 Å². The molecule has 0 unspecified atom stereocenters. The number of pyridine rings is 1. The van der Waals surface area contributed by atoms with Crippen LogP contribution in [-0.2, 0) is 32.6 Å². The topological polar surface area (TPSA) is 156 Å². The van der Waals surface area contributed by atoms with Crippen LogP contribution in [0.15, 0.2) is 70.7 Å². The average molecular weight is 799 g/mol. The Hall–Kier alpha value is -3.65. The van der Waals surface area contributed by atoms with Crippen molar-refractivity contribution in [1.82, 2.24) is 19.9 Å². The number of carbonyl (C=O) groups is 2. The fourth-order valence-electron chi connectivity index (χ4n) is 5.85. The molecular formula is C35H40Cl4N6O5S. The van der Waals surface area contributed by atoms with Gasteiger partial charge in [-0.05, 0) is 74.1 Å². The number of aryl methyl sites for hydroxylation is 2. The Morgan fingerprint density at radius 1 is 1.06 bits per heavy atom. The van der Waals surface area contributed by atoms with Crippen LogP contribution in [0.4, 0.5) is 0 Å². The van der Waals surface area contributed by atoms with Gasteiger partial charge in [0.1, 0.15) is 28.8 Å². The van der Waals surface area contributed by atoms with Crippen molar-refractivity contribution in [2.45, 2.75) is 57.1 Å². The van der Waals surface area contributed by atoms with Crippen molar-refractivity contribution in [2.75, 3.05) is 19.6 Å². The Morgan fingerprint density at radius 2 is 1.78 bits per heavy atom. The summed E-state index contributed by atoms with van der Waals surface area (Å²) >= 11 is 13.2. The first-order valence-electron chi connectivity index (χ1n) is 15.8. The van der Waals surface area contributed by atoms with Crippen LogP contribution < -0.4 is 21.2 Å².